The van der Waals surface area contributed by atoms with Gasteiger partial charge in [-0.05, 0) is 43.5 Å². The van der Waals surface area contributed by atoms with Crippen LogP contribution in [0.1, 0.15) is 24.0 Å². The normalized spacial score (nSPS) is 21.2. The van der Waals surface area contributed by atoms with Crippen LogP contribution in [-0.4, -0.2) is 55.4 Å². The number of Topliss-reactive ketones (excluding diaryl/α,β-unsaturated/α-hetero) is 1. The molecule has 2 atom stereocenters. The molecule has 6 N–H and O–H groups in total. The first-order valence-corrected chi connectivity index (χ1v) is 11.3. The first-order chi connectivity index (χ1) is 16.0. The van der Waals surface area contributed by atoms with Gasteiger partial charge in [0.05, 0.1) is 12.6 Å². The molecule has 8 heteroatoms. The number of hydrogen-bond acceptors (Lipinski definition) is 6. The molecular formula is C25H33N5O3. The third-order valence-corrected chi connectivity index (χ3v) is 5.80. The minimum absolute atomic E-state index is 0.259. The van der Waals surface area contributed by atoms with E-state index < -0.39 is 23.3 Å². The summed E-state index contributed by atoms with van der Waals surface area (Å²) in [5.41, 5.74) is 8.23. The van der Waals surface area contributed by atoms with Crippen molar-refractivity contribution in [3.05, 3.63) is 71.8 Å². The van der Waals surface area contributed by atoms with E-state index in [9.17, 15) is 14.4 Å². The molecule has 2 aromatic rings. The highest BCUT2D eigenvalue weighted by Crippen LogP contribution is 2.15. The monoisotopic (exact) mass is 451 g/mol. The van der Waals surface area contributed by atoms with Gasteiger partial charge in [-0.15, -0.1) is 0 Å². The highest BCUT2D eigenvalue weighted by atomic mass is 16.2. The van der Waals surface area contributed by atoms with Gasteiger partial charge in [-0.1, -0.05) is 60.7 Å². The lowest BCUT2D eigenvalue weighted by atomic mass is 9.88. The molecule has 1 unspecified atom stereocenters. The third-order valence-electron chi connectivity index (χ3n) is 5.80. The molecule has 2 aromatic carbocycles. The lowest BCUT2D eigenvalue weighted by Crippen LogP contribution is -2.56. The number of amides is 2. The Labute approximate surface area is 194 Å². The lowest BCUT2D eigenvalue weighted by molar-refractivity contribution is -0.138. The van der Waals surface area contributed by atoms with Gasteiger partial charge in [0.25, 0.3) is 5.91 Å². The molecule has 0 radical (unpaired) electrons. The molecule has 33 heavy (non-hydrogen) atoms. The fraction of sp³-hybridized carbons (Fsp3) is 0.400. The van der Waals surface area contributed by atoms with Gasteiger partial charge in [-0.2, -0.15) is 0 Å². The van der Waals surface area contributed by atoms with Gasteiger partial charge in [0.2, 0.25) is 11.7 Å². The summed E-state index contributed by atoms with van der Waals surface area (Å²) in [6.07, 6.45) is 2.02. The van der Waals surface area contributed by atoms with Crippen molar-refractivity contribution in [1.82, 2.24) is 21.3 Å². The second-order valence-corrected chi connectivity index (χ2v) is 8.56. The Morgan fingerprint density at radius 2 is 1.61 bits per heavy atom. The zero-order valence-electron chi connectivity index (χ0n) is 18.8. The summed E-state index contributed by atoms with van der Waals surface area (Å²) in [5, 5.41) is 11.8. The largest absolute Gasteiger partial charge is 0.347 e. The van der Waals surface area contributed by atoms with Crippen molar-refractivity contribution in [2.24, 2.45) is 5.73 Å². The minimum atomic E-state index is -0.716. The number of carbonyl (C=O) groups is 3. The van der Waals surface area contributed by atoms with Crippen LogP contribution < -0.4 is 27.0 Å². The second kappa shape index (κ2) is 12.2. The smallest absolute Gasteiger partial charge is 0.289 e. The second-order valence-electron chi connectivity index (χ2n) is 8.56. The molecule has 176 valence electrons. The molecule has 0 bridgehead atoms. The van der Waals surface area contributed by atoms with Crippen molar-refractivity contribution in [1.29, 1.82) is 0 Å². The van der Waals surface area contributed by atoms with Crippen LogP contribution in [0.5, 0.6) is 0 Å². The Morgan fingerprint density at radius 1 is 0.939 bits per heavy atom. The van der Waals surface area contributed by atoms with Crippen LogP contribution in [0.3, 0.4) is 0 Å². The molecule has 0 saturated carbocycles. The molecule has 8 nitrogen and oxygen atoms in total. The van der Waals surface area contributed by atoms with Crippen LogP contribution in [0.2, 0.25) is 0 Å². The van der Waals surface area contributed by atoms with Crippen molar-refractivity contribution < 1.29 is 14.4 Å². The number of carbonyl (C=O) groups excluding carboxylic acids is 3. The number of hydrogen-bond donors (Lipinski definition) is 5. The molecule has 1 aliphatic heterocycles. The summed E-state index contributed by atoms with van der Waals surface area (Å²) in [4.78, 5) is 36.9. The van der Waals surface area contributed by atoms with E-state index in [-0.39, 0.29) is 19.0 Å². The number of nitrogens with two attached hydrogens (primary N) is 1. The molecule has 1 saturated heterocycles. The molecule has 0 aliphatic carbocycles. The molecule has 1 aliphatic rings. The Hall–Kier alpha value is -3.07. The average molecular weight is 452 g/mol. The van der Waals surface area contributed by atoms with Crippen molar-refractivity contribution in [3.8, 4) is 0 Å². The Morgan fingerprint density at radius 3 is 2.30 bits per heavy atom. The summed E-state index contributed by atoms with van der Waals surface area (Å²) in [7, 11) is 0. The predicted molar refractivity (Wildman–Crippen MR) is 127 cm³/mol. The van der Waals surface area contributed by atoms with Crippen LogP contribution in [-0.2, 0) is 27.3 Å². The van der Waals surface area contributed by atoms with E-state index in [4.69, 9.17) is 5.73 Å². The highest BCUT2D eigenvalue weighted by Gasteiger charge is 2.29. The van der Waals surface area contributed by atoms with Gasteiger partial charge >= 0.3 is 0 Å². The molecule has 0 spiro atoms. The number of nitrogens with one attached hydrogen (secondary N) is 4. The van der Waals surface area contributed by atoms with E-state index in [0.717, 1.165) is 24.1 Å². The van der Waals surface area contributed by atoms with Crippen LogP contribution in [0.4, 0.5) is 0 Å². The number of ketones is 1. The maximum Gasteiger partial charge on any atom is 0.289 e. The molecule has 3 rings (SSSR count). The lowest BCUT2D eigenvalue weighted by Gasteiger charge is -2.31. The van der Waals surface area contributed by atoms with Gasteiger partial charge in [0.15, 0.2) is 0 Å². The van der Waals surface area contributed by atoms with E-state index in [2.05, 4.69) is 21.3 Å². The summed E-state index contributed by atoms with van der Waals surface area (Å²) in [6, 6.07) is 18.9. The Balaban J connectivity index is 1.48. The van der Waals surface area contributed by atoms with Crippen molar-refractivity contribution in [2.45, 2.75) is 37.4 Å². The molecular weight excluding hydrogens is 418 g/mol. The predicted octanol–water partition coefficient (Wildman–Crippen LogP) is 0.270. The molecule has 2 amide bonds. The third kappa shape index (κ3) is 8.09. The highest BCUT2D eigenvalue weighted by molar-refractivity contribution is 6.37. The van der Waals surface area contributed by atoms with E-state index in [1.54, 1.807) is 0 Å². The van der Waals surface area contributed by atoms with Crippen LogP contribution in [0.15, 0.2) is 60.7 Å². The zero-order valence-corrected chi connectivity index (χ0v) is 18.8. The Bertz CT molecular complexity index is 922. The minimum Gasteiger partial charge on any atom is -0.347 e. The SMILES string of the molecule is N[C@@]1(Cc2ccccc2)CCNCCC(C(=O)NCC(=O)C(=O)NCc2ccccc2)NC1. The molecule has 1 fully saturated rings. The first-order valence-electron chi connectivity index (χ1n) is 11.3. The van der Waals surface area contributed by atoms with Gasteiger partial charge in [-0.25, -0.2) is 0 Å². The number of benzene rings is 2. The molecule has 0 aromatic heterocycles. The van der Waals surface area contributed by atoms with E-state index >= 15 is 0 Å². The van der Waals surface area contributed by atoms with Gasteiger partial charge in [-0.3, -0.25) is 14.4 Å². The fourth-order valence-electron chi connectivity index (χ4n) is 3.85. The van der Waals surface area contributed by atoms with Gasteiger partial charge < -0.3 is 27.0 Å². The van der Waals surface area contributed by atoms with Crippen molar-refractivity contribution >= 4 is 17.6 Å². The fourth-order valence-corrected chi connectivity index (χ4v) is 3.85. The van der Waals surface area contributed by atoms with Crippen molar-refractivity contribution in [2.75, 3.05) is 26.2 Å². The topological polar surface area (TPSA) is 125 Å². The maximum absolute atomic E-state index is 12.7. The standard InChI is InChI=1S/C25H33N5O3/c26-25(15-19-7-3-1-4-8-19)12-14-27-13-11-21(30-18-25)23(32)29-17-22(31)24(33)28-16-20-9-5-2-6-10-20/h1-10,21,27,30H,11-18,26H2,(H,28,33)(H,29,32)/t21?,25-/m1/s1. The summed E-state index contributed by atoms with van der Waals surface area (Å²) in [5.74, 6) is -1.71. The van der Waals surface area contributed by atoms with Gasteiger partial charge in [0, 0.05) is 18.6 Å². The van der Waals surface area contributed by atoms with Crippen LogP contribution >= 0.6 is 0 Å². The van der Waals surface area contributed by atoms with Crippen LogP contribution in [0, 0.1) is 0 Å². The maximum atomic E-state index is 12.7. The number of rotatable bonds is 8. The summed E-state index contributed by atoms with van der Waals surface area (Å²) in [6.45, 7) is 1.79. The van der Waals surface area contributed by atoms with Crippen molar-refractivity contribution in [3.63, 3.8) is 0 Å². The quantitative estimate of drug-likeness (QED) is 0.367. The summed E-state index contributed by atoms with van der Waals surface area (Å²) >= 11 is 0. The summed E-state index contributed by atoms with van der Waals surface area (Å²) < 4.78 is 0. The van der Waals surface area contributed by atoms with E-state index in [0.29, 0.717) is 25.9 Å². The Kier molecular flexibility index (Phi) is 9.12. The van der Waals surface area contributed by atoms with E-state index in [1.165, 1.54) is 0 Å². The van der Waals surface area contributed by atoms with Crippen LogP contribution in [0.25, 0.3) is 0 Å². The first kappa shape index (κ1) is 24.6. The van der Waals surface area contributed by atoms with Gasteiger partial charge in [0.1, 0.15) is 0 Å². The molecule has 1 heterocycles. The zero-order chi connectivity index (χ0) is 23.5. The average Bonchev–Trinajstić information content (AvgIpc) is 2.92. The van der Waals surface area contributed by atoms with E-state index in [1.807, 2.05) is 60.7 Å².